The maximum atomic E-state index is 12.5. The van der Waals surface area contributed by atoms with Crippen molar-refractivity contribution in [2.75, 3.05) is 24.7 Å². The quantitative estimate of drug-likeness (QED) is 0.519. The third kappa shape index (κ3) is 5.81. The van der Waals surface area contributed by atoms with Crippen LogP contribution in [0.2, 0.25) is 5.02 Å². The molecule has 0 aliphatic heterocycles. The van der Waals surface area contributed by atoms with Crippen molar-refractivity contribution in [1.29, 1.82) is 0 Å². The Hall–Kier alpha value is -1.93. The van der Waals surface area contributed by atoms with Crippen LogP contribution in [0.5, 0.6) is 0 Å². The van der Waals surface area contributed by atoms with E-state index in [1.54, 1.807) is 12.1 Å². The van der Waals surface area contributed by atoms with Crippen molar-refractivity contribution < 1.29 is 18.0 Å². The van der Waals surface area contributed by atoms with Gasteiger partial charge in [-0.3, -0.25) is 4.79 Å². The van der Waals surface area contributed by atoms with E-state index in [9.17, 15) is 18.0 Å². The normalized spacial score (nSPS) is 11.3. The maximum Gasteiger partial charge on any atom is 0.417 e. The van der Waals surface area contributed by atoms with Gasteiger partial charge in [0.1, 0.15) is 5.82 Å². The number of alkyl halides is 3. The van der Waals surface area contributed by atoms with E-state index in [2.05, 4.69) is 15.6 Å². The lowest BCUT2D eigenvalue weighted by molar-refractivity contribution is -0.137. The molecule has 2 N–H and O–H groups in total. The van der Waals surface area contributed by atoms with Crippen molar-refractivity contribution >= 4 is 35.1 Å². The Morgan fingerprint density at radius 2 is 2.00 bits per heavy atom. The predicted molar refractivity (Wildman–Crippen MR) is 97.9 cm³/mol. The maximum absolute atomic E-state index is 12.5. The van der Waals surface area contributed by atoms with Crippen LogP contribution < -0.4 is 10.6 Å². The molecule has 0 unspecified atom stereocenters. The van der Waals surface area contributed by atoms with Gasteiger partial charge in [-0.1, -0.05) is 11.6 Å². The first-order valence-electron chi connectivity index (χ1n) is 7.70. The number of pyridine rings is 1. The third-order valence-corrected chi connectivity index (χ3v) is 4.51. The van der Waals surface area contributed by atoms with Crippen LogP contribution in [0.25, 0.3) is 0 Å². The number of carbonyl (C=O) groups excluding carboxylic acids is 1. The molecule has 1 aromatic heterocycles. The molecule has 0 atom stereocenters. The molecule has 4 nitrogen and oxygen atoms in total. The SMILES string of the molecule is CSc1ccc(Cl)c(C(=O)NCCCNc2ccc(C(F)(F)F)cn2)c1. The van der Waals surface area contributed by atoms with Crippen molar-refractivity contribution in [1.82, 2.24) is 10.3 Å². The second-order valence-corrected chi connectivity index (χ2v) is 6.60. The van der Waals surface area contributed by atoms with E-state index in [0.29, 0.717) is 35.9 Å². The van der Waals surface area contributed by atoms with Crippen molar-refractivity contribution in [2.24, 2.45) is 0 Å². The summed E-state index contributed by atoms with van der Waals surface area (Å²) in [5, 5.41) is 6.05. The van der Waals surface area contributed by atoms with E-state index in [1.165, 1.54) is 17.8 Å². The Labute approximate surface area is 158 Å². The van der Waals surface area contributed by atoms with E-state index >= 15 is 0 Å². The Kier molecular flexibility index (Phi) is 7.16. The summed E-state index contributed by atoms with van der Waals surface area (Å²) in [6.07, 6.45) is -1.13. The first-order valence-corrected chi connectivity index (χ1v) is 9.30. The lowest BCUT2D eigenvalue weighted by Crippen LogP contribution is -2.26. The first-order chi connectivity index (χ1) is 12.3. The van der Waals surface area contributed by atoms with Gasteiger partial charge in [0.2, 0.25) is 0 Å². The number of hydrogen-bond acceptors (Lipinski definition) is 4. The molecule has 9 heteroatoms. The van der Waals surface area contributed by atoms with Crippen LogP contribution in [0.3, 0.4) is 0 Å². The van der Waals surface area contributed by atoms with E-state index in [-0.39, 0.29) is 5.91 Å². The summed E-state index contributed by atoms with van der Waals surface area (Å²) in [7, 11) is 0. The van der Waals surface area contributed by atoms with Crippen LogP contribution in [0.4, 0.5) is 19.0 Å². The molecular weight excluding hydrogens is 387 g/mol. The number of rotatable bonds is 7. The van der Waals surface area contributed by atoms with Crippen LogP contribution in [0.15, 0.2) is 41.4 Å². The molecule has 0 saturated carbocycles. The van der Waals surface area contributed by atoms with Gasteiger partial charge in [-0.25, -0.2) is 4.98 Å². The topological polar surface area (TPSA) is 54.0 Å². The molecule has 1 aromatic carbocycles. The summed E-state index contributed by atoms with van der Waals surface area (Å²) in [5.41, 5.74) is -0.379. The third-order valence-electron chi connectivity index (χ3n) is 3.45. The van der Waals surface area contributed by atoms with Crippen molar-refractivity contribution in [3.05, 3.63) is 52.7 Å². The minimum Gasteiger partial charge on any atom is -0.370 e. The number of thioether (sulfide) groups is 1. The van der Waals surface area contributed by atoms with Crippen molar-refractivity contribution in [2.45, 2.75) is 17.5 Å². The lowest BCUT2D eigenvalue weighted by atomic mass is 10.2. The standard InChI is InChI=1S/C17H17ClF3N3OS/c1-26-12-4-5-14(18)13(9-12)16(25)23-8-2-7-22-15-6-3-11(10-24-15)17(19,20)21/h3-6,9-10H,2,7-8H2,1H3,(H,22,24)(H,23,25). The molecule has 1 heterocycles. The van der Waals surface area contributed by atoms with Gasteiger partial charge in [-0.15, -0.1) is 11.8 Å². The van der Waals surface area contributed by atoms with Crippen LogP contribution in [0.1, 0.15) is 22.3 Å². The van der Waals surface area contributed by atoms with E-state index in [4.69, 9.17) is 11.6 Å². The van der Waals surface area contributed by atoms with E-state index in [1.807, 2.05) is 12.3 Å². The summed E-state index contributed by atoms with van der Waals surface area (Å²) in [6.45, 7) is 0.851. The summed E-state index contributed by atoms with van der Waals surface area (Å²) in [4.78, 5) is 16.8. The Bertz CT molecular complexity index is 754. The summed E-state index contributed by atoms with van der Waals surface area (Å²) in [6, 6.07) is 7.49. The molecule has 0 saturated heterocycles. The Morgan fingerprint density at radius 3 is 2.62 bits per heavy atom. The second-order valence-electron chi connectivity index (χ2n) is 5.31. The Balaban J connectivity index is 1.76. The number of amides is 1. The summed E-state index contributed by atoms with van der Waals surface area (Å²) >= 11 is 7.56. The number of carbonyl (C=O) groups is 1. The number of nitrogens with zero attached hydrogens (tertiary/aromatic N) is 1. The zero-order valence-corrected chi connectivity index (χ0v) is 15.4. The number of nitrogens with one attached hydrogen (secondary N) is 2. The fourth-order valence-corrected chi connectivity index (χ4v) is 2.72. The fraction of sp³-hybridized carbons (Fsp3) is 0.294. The van der Waals surface area contributed by atoms with Gasteiger partial charge >= 0.3 is 6.18 Å². The van der Waals surface area contributed by atoms with Gasteiger partial charge in [0.25, 0.3) is 5.91 Å². The predicted octanol–water partition coefficient (Wildman–Crippen LogP) is 4.71. The molecule has 26 heavy (non-hydrogen) atoms. The van der Waals surface area contributed by atoms with Gasteiger partial charge < -0.3 is 10.6 Å². The number of aromatic nitrogens is 1. The highest BCUT2D eigenvalue weighted by atomic mass is 35.5. The monoisotopic (exact) mass is 403 g/mol. The van der Waals surface area contributed by atoms with E-state index < -0.39 is 11.7 Å². The highest BCUT2D eigenvalue weighted by molar-refractivity contribution is 7.98. The van der Waals surface area contributed by atoms with Gasteiger partial charge in [0, 0.05) is 24.2 Å². The minimum absolute atomic E-state index is 0.265. The molecular formula is C17H17ClF3N3OS. The molecule has 0 aliphatic carbocycles. The zero-order valence-electron chi connectivity index (χ0n) is 13.9. The molecule has 0 fully saturated rings. The lowest BCUT2D eigenvalue weighted by Gasteiger charge is -2.10. The van der Waals surface area contributed by atoms with Gasteiger partial charge in [-0.2, -0.15) is 13.2 Å². The van der Waals surface area contributed by atoms with Gasteiger partial charge in [-0.05, 0) is 43.0 Å². The summed E-state index contributed by atoms with van der Waals surface area (Å²) in [5.74, 6) is 0.0820. The molecule has 0 spiro atoms. The molecule has 0 bridgehead atoms. The largest absolute Gasteiger partial charge is 0.417 e. The van der Waals surface area contributed by atoms with Crippen LogP contribution >= 0.6 is 23.4 Å². The zero-order chi connectivity index (χ0) is 19.2. The van der Waals surface area contributed by atoms with Gasteiger partial charge in [0.15, 0.2) is 0 Å². The van der Waals surface area contributed by atoms with E-state index in [0.717, 1.165) is 17.2 Å². The molecule has 0 aliphatic rings. The fourth-order valence-electron chi connectivity index (χ4n) is 2.07. The average molecular weight is 404 g/mol. The molecule has 2 aromatic rings. The minimum atomic E-state index is -4.40. The number of halogens is 4. The molecule has 1 amide bonds. The van der Waals surface area contributed by atoms with Crippen LogP contribution in [-0.4, -0.2) is 30.2 Å². The summed E-state index contributed by atoms with van der Waals surface area (Å²) < 4.78 is 37.4. The number of benzene rings is 1. The second kappa shape index (κ2) is 9.14. The first kappa shape index (κ1) is 20.4. The van der Waals surface area contributed by atoms with Crippen molar-refractivity contribution in [3.63, 3.8) is 0 Å². The molecule has 0 radical (unpaired) electrons. The number of anilines is 1. The average Bonchev–Trinajstić information content (AvgIpc) is 2.61. The number of hydrogen-bond donors (Lipinski definition) is 2. The molecule has 2 rings (SSSR count). The highest BCUT2D eigenvalue weighted by Gasteiger charge is 2.30. The van der Waals surface area contributed by atoms with Crippen LogP contribution in [-0.2, 0) is 6.18 Å². The van der Waals surface area contributed by atoms with Gasteiger partial charge in [0.05, 0.1) is 16.1 Å². The smallest absolute Gasteiger partial charge is 0.370 e. The highest BCUT2D eigenvalue weighted by Crippen LogP contribution is 2.28. The Morgan fingerprint density at radius 1 is 1.23 bits per heavy atom. The molecule has 140 valence electrons. The van der Waals surface area contributed by atoms with Crippen molar-refractivity contribution in [3.8, 4) is 0 Å². The van der Waals surface area contributed by atoms with Crippen LogP contribution in [0, 0.1) is 0 Å².